The number of fused-ring (bicyclic) bond motifs is 2. The van der Waals surface area contributed by atoms with Crippen molar-refractivity contribution in [1.29, 1.82) is 0 Å². The fraction of sp³-hybridized carbons (Fsp3) is 0.364. The van der Waals surface area contributed by atoms with E-state index in [1.54, 1.807) is 6.07 Å². The summed E-state index contributed by atoms with van der Waals surface area (Å²) in [6.07, 6.45) is 2.34. The van der Waals surface area contributed by atoms with Crippen molar-refractivity contribution in [2.45, 2.75) is 18.3 Å². The van der Waals surface area contributed by atoms with Crippen LogP contribution >= 0.6 is 0 Å². The molecular weight excluding hydrogens is 176 g/mol. The summed E-state index contributed by atoms with van der Waals surface area (Å²) in [5.41, 5.74) is 8.68. The number of rotatable bonds is 0. The first-order valence-electron chi connectivity index (χ1n) is 4.90. The van der Waals surface area contributed by atoms with Crippen molar-refractivity contribution in [2.75, 3.05) is 12.3 Å². The van der Waals surface area contributed by atoms with E-state index in [2.05, 4.69) is 5.32 Å². The van der Waals surface area contributed by atoms with Crippen LogP contribution in [0.3, 0.4) is 0 Å². The molecule has 0 radical (unpaired) electrons. The standard InChI is InChI=1S/C11H12N2O/c12-7-1-2-8-9(5-7)11(3-4-11)6-13-10(8)14/h1-2,5H,3-4,6,12H2,(H,13,14). The van der Waals surface area contributed by atoms with Crippen molar-refractivity contribution >= 4 is 11.6 Å². The molecule has 1 amide bonds. The Kier molecular flexibility index (Phi) is 1.29. The van der Waals surface area contributed by atoms with Crippen LogP contribution in [0.2, 0.25) is 0 Å². The Labute approximate surface area is 82.3 Å². The minimum atomic E-state index is 0.0394. The second-order valence-corrected chi connectivity index (χ2v) is 4.27. The maximum absolute atomic E-state index is 11.6. The molecule has 1 fully saturated rings. The first-order valence-corrected chi connectivity index (χ1v) is 4.90. The Morgan fingerprint density at radius 3 is 2.86 bits per heavy atom. The van der Waals surface area contributed by atoms with Gasteiger partial charge in [0, 0.05) is 23.2 Å². The quantitative estimate of drug-likeness (QED) is 0.598. The normalized spacial score (nSPS) is 21.6. The van der Waals surface area contributed by atoms with E-state index in [4.69, 9.17) is 5.73 Å². The summed E-state index contributed by atoms with van der Waals surface area (Å²) in [6, 6.07) is 5.58. The number of nitrogen functional groups attached to an aromatic ring is 1. The average Bonchev–Trinajstić information content (AvgIpc) is 2.93. The van der Waals surface area contributed by atoms with Gasteiger partial charge in [0.25, 0.3) is 5.91 Å². The highest BCUT2D eigenvalue weighted by Gasteiger charge is 2.48. The van der Waals surface area contributed by atoms with Gasteiger partial charge in [0.05, 0.1) is 0 Å². The molecule has 1 saturated carbocycles. The molecule has 1 aromatic carbocycles. The molecule has 0 saturated heterocycles. The number of carbonyl (C=O) groups is 1. The second-order valence-electron chi connectivity index (χ2n) is 4.27. The van der Waals surface area contributed by atoms with Crippen molar-refractivity contribution in [3.8, 4) is 0 Å². The summed E-state index contributed by atoms with van der Waals surface area (Å²) in [7, 11) is 0. The zero-order chi connectivity index (χ0) is 9.76. The van der Waals surface area contributed by atoms with Gasteiger partial charge >= 0.3 is 0 Å². The summed E-state index contributed by atoms with van der Waals surface area (Å²) in [5.74, 6) is 0.0394. The fourth-order valence-electron chi connectivity index (χ4n) is 2.24. The van der Waals surface area contributed by atoms with Crippen molar-refractivity contribution in [3.05, 3.63) is 29.3 Å². The van der Waals surface area contributed by atoms with Crippen LogP contribution in [-0.2, 0) is 5.41 Å². The smallest absolute Gasteiger partial charge is 0.251 e. The van der Waals surface area contributed by atoms with Gasteiger partial charge in [-0.25, -0.2) is 0 Å². The monoisotopic (exact) mass is 188 g/mol. The lowest BCUT2D eigenvalue weighted by Crippen LogP contribution is -2.39. The van der Waals surface area contributed by atoms with Crippen LogP contribution in [0.4, 0.5) is 5.69 Å². The van der Waals surface area contributed by atoms with Crippen molar-refractivity contribution in [1.82, 2.24) is 5.32 Å². The summed E-state index contributed by atoms with van der Waals surface area (Å²) in [5, 5.41) is 2.93. The van der Waals surface area contributed by atoms with E-state index >= 15 is 0 Å². The zero-order valence-electron chi connectivity index (χ0n) is 7.84. The molecule has 1 spiro atoms. The van der Waals surface area contributed by atoms with E-state index in [9.17, 15) is 4.79 Å². The van der Waals surface area contributed by atoms with E-state index in [0.29, 0.717) is 0 Å². The highest BCUT2D eigenvalue weighted by atomic mass is 16.1. The summed E-state index contributed by atoms with van der Waals surface area (Å²) >= 11 is 0. The Morgan fingerprint density at radius 1 is 1.36 bits per heavy atom. The number of amides is 1. The third kappa shape index (κ3) is 0.895. The van der Waals surface area contributed by atoms with Gasteiger partial charge in [-0.2, -0.15) is 0 Å². The number of hydrogen-bond donors (Lipinski definition) is 2. The molecule has 0 atom stereocenters. The Balaban J connectivity index is 2.22. The Hall–Kier alpha value is -1.51. The number of nitrogens with one attached hydrogen (secondary N) is 1. The zero-order valence-corrected chi connectivity index (χ0v) is 7.84. The van der Waals surface area contributed by atoms with Crippen molar-refractivity contribution in [2.24, 2.45) is 0 Å². The third-order valence-corrected chi connectivity index (χ3v) is 3.30. The largest absolute Gasteiger partial charge is 0.399 e. The molecule has 14 heavy (non-hydrogen) atoms. The van der Waals surface area contributed by atoms with Crippen LogP contribution < -0.4 is 11.1 Å². The van der Waals surface area contributed by atoms with Gasteiger partial charge in [-0.3, -0.25) is 4.79 Å². The van der Waals surface area contributed by atoms with Crippen LogP contribution in [0.15, 0.2) is 18.2 Å². The molecule has 3 N–H and O–H groups in total. The van der Waals surface area contributed by atoms with E-state index < -0.39 is 0 Å². The van der Waals surface area contributed by atoms with Gasteiger partial charge in [-0.05, 0) is 36.6 Å². The van der Waals surface area contributed by atoms with E-state index in [1.165, 1.54) is 12.8 Å². The average molecular weight is 188 g/mol. The van der Waals surface area contributed by atoms with Gasteiger partial charge in [0.2, 0.25) is 0 Å². The first-order chi connectivity index (χ1) is 6.71. The predicted octanol–water partition coefficient (Wildman–Crippen LogP) is 1.04. The Bertz CT molecular complexity index is 421. The number of carbonyl (C=O) groups excluding carboxylic acids is 1. The molecule has 72 valence electrons. The number of hydrogen-bond acceptors (Lipinski definition) is 2. The van der Waals surface area contributed by atoms with Crippen LogP contribution in [0.5, 0.6) is 0 Å². The molecule has 1 aliphatic heterocycles. The highest BCUT2D eigenvalue weighted by molar-refractivity contribution is 5.98. The minimum absolute atomic E-state index is 0.0394. The van der Waals surface area contributed by atoms with Gasteiger partial charge in [0.15, 0.2) is 0 Å². The number of anilines is 1. The second kappa shape index (κ2) is 2.29. The third-order valence-electron chi connectivity index (χ3n) is 3.30. The summed E-state index contributed by atoms with van der Waals surface area (Å²) in [6.45, 7) is 0.780. The van der Waals surface area contributed by atoms with Gasteiger partial charge in [0.1, 0.15) is 0 Å². The lowest BCUT2D eigenvalue weighted by atomic mass is 9.87. The van der Waals surface area contributed by atoms with Crippen LogP contribution in [-0.4, -0.2) is 12.5 Å². The molecule has 3 heteroatoms. The van der Waals surface area contributed by atoms with Gasteiger partial charge in [-0.1, -0.05) is 0 Å². The van der Waals surface area contributed by atoms with Gasteiger partial charge in [-0.15, -0.1) is 0 Å². The van der Waals surface area contributed by atoms with E-state index in [0.717, 1.165) is 23.4 Å². The lowest BCUT2D eigenvalue weighted by Gasteiger charge is -2.25. The molecule has 0 aromatic heterocycles. The SMILES string of the molecule is Nc1ccc2c(c1)C1(CC1)CNC2=O. The molecule has 1 aliphatic carbocycles. The molecule has 1 heterocycles. The Morgan fingerprint density at radius 2 is 2.14 bits per heavy atom. The highest BCUT2D eigenvalue weighted by Crippen LogP contribution is 2.50. The molecule has 3 nitrogen and oxygen atoms in total. The van der Waals surface area contributed by atoms with Crippen LogP contribution in [0.1, 0.15) is 28.8 Å². The van der Waals surface area contributed by atoms with Crippen LogP contribution in [0, 0.1) is 0 Å². The molecule has 0 bridgehead atoms. The lowest BCUT2D eigenvalue weighted by molar-refractivity contribution is 0.0937. The van der Waals surface area contributed by atoms with E-state index in [1.807, 2.05) is 12.1 Å². The van der Waals surface area contributed by atoms with E-state index in [-0.39, 0.29) is 11.3 Å². The summed E-state index contributed by atoms with van der Waals surface area (Å²) in [4.78, 5) is 11.6. The molecule has 3 rings (SSSR count). The maximum atomic E-state index is 11.6. The number of benzene rings is 1. The molecule has 1 aromatic rings. The fourth-order valence-corrected chi connectivity index (χ4v) is 2.24. The summed E-state index contributed by atoms with van der Waals surface area (Å²) < 4.78 is 0. The minimum Gasteiger partial charge on any atom is -0.399 e. The predicted molar refractivity (Wildman–Crippen MR) is 54.1 cm³/mol. The molecule has 2 aliphatic rings. The first kappa shape index (κ1) is 7.85. The maximum Gasteiger partial charge on any atom is 0.251 e. The topological polar surface area (TPSA) is 55.1 Å². The van der Waals surface area contributed by atoms with Crippen LogP contribution in [0.25, 0.3) is 0 Å². The molecule has 0 unspecified atom stereocenters. The van der Waals surface area contributed by atoms with Crippen molar-refractivity contribution in [3.63, 3.8) is 0 Å². The molecular formula is C11H12N2O. The number of nitrogens with two attached hydrogens (primary N) is 1. The van der Waals surface area contributed by atoms with Crippen molar-refractivity contribution < 1.29 is 4.79 Å². The van der Waals surface area contributed by atoms with Gasteiger partial charge < -0.3 is 11.1 Å².